The lowest BCUT2D eigenvalue weighted by molar-refractivity contribution is 0.589. The number of nitrogens with two attached hydrogens (primary N) is 1. The van der Waals surface area contributed by atoms with Gasteiger partial charge in [-0.2, -0.15) is 5.10 Å². The lowest BCUT2D eigenvalue weighted by atomic mass is 10.2. The summed E-state index contributed by atoms with van der Waals surface area (Å²) in [6.07, 6.45) is 0.455. The van der Waals surface area contributed by atoms with Crippen molar-refractivity contribution in [1.29, 1.82) is 0 Å². The maximum absolute atomic E-state index is 11.7. The first-order valence-corrected chi connectivity index (χ1v) is 7.51. The zero-order valence-corrected chi connectivity index (χ0v) is 10.5. The molecule has 0 fully saturated rings. The fraction of sp³-hybridized carbons (Fsp3) is 0.250. The molecule has 1 aliphatic heterocycles. The highest BCUT2D eigenvalue weighted by molar-refractivity contribution is 7.90. The number of anilines is 1. The van der Waals surface area contributed by atoms with E-state index in [0.717, 1.165) is 11.3 Å². The Kier molecular flexibility index (Phi) is 2.41. The van der Waals surface area contributed by atoms with E-state index in [-0.39, 0.29) is 11.5 Å². The van der Waals surface area contributed by atoms with Crippen LogP contribution in [0.15, 0.2) is 30.3 Å². The molecule has 0 saturated carbocycles. The number of fused-ring (bicyclic) bond motifs is 1. The Morgan fingerprint density at radius 3 is 2.67 bits per heavy atom. The summed E-state index contributed by atoms with van der Waals surface area (Å²) in [5.41, 5.74) is 8.27. The molecule has 6 heteroatoms. The summed E-state index contributed by atoms with van der Waals surface area (Å²) in [5, 5.41) is 4.26. The number of benzene rings is 1. The molecule has 1 aliphatic rings. The van der Waals surface area contributed by atoms with E-state index in [0.29, 0.717) is 17.9 Å². The lowest BCUT2D eigenvalue weighted by Gasteiger charge is -2.14. The molecule has 94 valence electrons. The fourth-order valence-electron chi connectivity index (χ4n) is 2.25. The van der Waals surface area contributed by atoms with Gasteiger partial charge in [0.2, 0.25) is 0 Å². The third-order valence-electron chi connectivity index (χ3n) is 3.14. The van der Waals surface area contributed by atoms with E-state index in [1.165, 1.54) is 0 Å². The molecule has 0 amide bonds. The number of para-hydroxylation sites is 1. The number of sulfone groups is 1. The van der Waals surface area contributed by atoms with Gasteiger partial charge in [-0.05, 0) is 18.6 Å². The van der Waals surface area contributed by atoms with E-state index in [1.54, 1.807) is 4.68 Å². The molecule has 0 atom stereocenters. The molecule has 2 heterocycles. The summed E-state index contributed by atoms with van der Waals surface area (Å²) in [4.78, 5) is 0. The van der Waals surface area contributed by atoms with E-state index in [1.807, 2.05) is 30.3 Å². The first-order valence-electron chi connectivity index (χ1n) is 5.69. The van der Waals surface area contributed by atoms with E-state index < -0.39 is 9.84 Å². The first kappa shape index (κ1) is 11.3. The van der Waals surface area contributed by atoms with Crippen molar-refractivity contribution in [2.45, 2.75) is 12.2 Å². The van der Waals surface area contributed by atoms with Gasteiger partial charge in [0.05, 0.1) is 22.9 Å². The van der Waals surface area contributed by atoms with Gasteiger partial charge in [-0.15, -0.1) is 0 Å². The second kappa shape index (κ2) is 3.84. The third kappa shape index (κ3) is 1.78. The first-order chi connectivity index (χ1) is 8.57. The van der Waals surface area contributed by atoms with Crippen molar-refractivity contribution in [2.24, 2.45) is 0 Å². The summed E-state index contributed by atoms with van der Waals surface area (Å²) >= 11 is 0. The van der Waals surface area contributed by atoms with Crippen molar-refractivity contribution < 1.29 is 8.42 Å². The lowest BCUT2D eigenvalue weighted by Crippen LogP contribution is -2.20. The molecule has 0 aliphatic carbocycles. The molecule has 2 aromatic rings. The highest BCUT2D eigenvalue weighted by Crippen LogP contribution is 2.27. The van der Waals surface area contributed by atoms with Gasteiger partial charge in [0.15, 0.2) is 9.84 Å². The number of aromatic nitrogens is 2. The molecule has 3 rings (SSSR count). The van der Waals surface area contributed by atoms with Crippen LogP contribution in [0.2, 0.25) is 0 Å². The zero-order valence-electron chi connectivity index (χ0n) is 9.70. The van der Waals surface area contributed by atoms with Crippen LogP contribution in [-0.2, 0) is 22.0 Å². The van der Waals surface area contributed by atoms with E-state index in [9.17, 15) is 8.42 Å². The van der Waals surface area contributed by atoms with Crippen LogP contribution in [0.3, 0.4) is 0 Å². The minimum atomic E-state index is -3.03. The van der Waals surface area contributed by atoms with Gasteiger partial charge in [0.1, 0.15) is 5.82 Å². The molecule has 0 unspecified atom stereocenters. The summed E-state index contributed by atoms with van der Waals surface area (Å²) < 4.78 is 25.1. The Labute approximate surface area is 105 Å². The summed E-state index contributed by atoms with van der Waals surface area (Å²) in [7, 11) is -3.03. The van der Waals surface area contributed by atoms with Crippen molar-refractivity contribution >= 4 is 15.7 Å². The second-order valence-corrected chi connectivity index (χ2v) is 6.58. The normalized spacial score (nSPS) is 17.3. The Hall–Kier alpha value is -1.82. The molecular formula is C12H13N3O2S. The third-order valence-corrected chi connectivity index (χ3v) is 4.68. The molecule has 18 heavy (non-hydrogen) atoms. The average molecular weight is 263 g/mol. The van der Waals surface area contributed by atoms with Crippen LogP contribution in [0.1, 0.15) is 11.3 Å². The van der Waals surface area contributed by atoms with Crippen LogP contribution < -0.4 is 5.73 Å². The Bertz CT molecular complexity index is 690. The largest absolute Gasteiger partial charge is 0.382 e. The molecular weight excluding hydrogens is 250 g/mol. The molecule has 1 aromatic heterocycles. The van der Waals surface area contributed by atoms with Gasteiger partial charge in [-0.3, -0.25) is 0 Å². The number of hydrogen-bond donors (Lipinski definition) is 1. The highest BCUT2D eigenvalue weighted by Gasteiger charge is 2.28. The number of rotatable bonds is 1. The van der Waals surface area contributed by atoms with Crippen LogP contribution in [0.25, 0.3) is 5.69 Å². The monoisotopic (exact) mass is 263 g/mol. The topological polar surface area (TPSA) is 78.0 Å². The van der Waals surface area contributed by atoms with Crippen molar-refractivity contribution in [1.82, 2.24) is 9.78 Å². The minimum absolute atomic E-state index is 0.0153. The molecule has 1 aromatic carbocycles. The van der Waals surface area contributed by atoms with E-state index >= 15 is 0 Å². The van der Waals surface area contributed by atoms with E-state index in [4.69, 9.17) is 5.73 Å². The molecule has 0 radical (unpaired) electrons. The summed E-state index contributed by atoms with van der Waals surface area (Å²) in [6, 6.07) is 9.44. The fourth-order valence-corrected chi connectivity index (χ4v) is 3.62. The van der Waals surface area contributed by atoms with Crippen molar-refractivity contribution in [3.63, 3.8) is 0 Å². The maximum atomic E-state index is 11.7. The minimum Gasteiger partial charge on any atom is -0.382 e. The number of nitrogens with zero attached hydrogens (tertiary/aromatic N) is 2. The van der Waals surface area contributed by atoms with Crippen molar-refractivity contribution in [3.05, 3.63) is 41.6 Å². The Balaban J connectivity index is 2.19. The van der Waals surface area contributed by atoms with Gasteiger partial charge < -0.3 is 5.73 Å². The predicted octanol–water partition coefficient (Wildman–Crippen LogP) is 0.925. The van der Waals surface area contributed by atoms with E-state index in [2.05, 4.69) is 5.10 Å². The van der Waals surface area contributed by atoms with Crippen LogP contribution in [0.4, 0.5) is 5.82 Å². The molecule has 5 nitrogen and oxygen atoms in total. The van der Waals surface area contributed by atoms with Gasteiger partial charge in [0, 0.05) is 5.56 Å². The summed E-state index contributed by atoms with van der Waals surface area (Å²) in [6.45, 7) is 0. The smallest absolute Gasteiger partial charge is 0.156 e. The Morgan fingerprint density at radius 1 is 1.22 bits per heavy atom. The molecule has 0 saturated heterocycles. The Morgan fingerprint density at radius 2 is 1.94 bits per heavy atom. The SMILES string of the molecule is Nc1nn(-c2ccccc2)c2c1CCS(=O)(=O)C2. The maximum Gasteiger partial charge on any atom is 0.156 e. The van der Waals surface area contributed by atoms with Crippen LogP contribution in [0, 0.1) is 0 Å². The second-order valence-electron chi connectivity index (χ2n) is 4.40. The molecule has 2 N–H and O–H groups in total. The standard InChI is InChI=1S/C12H13N3O2S/c13-12-10-6-7-18(16,17)8-11(10)15(14-12)9-4-2-1-3-5-9/h1-5H,6-8H2,(H2,13,14). The highest BCUT2D eigenvalue weighted by atomic mass is 32.2. The van der Waals surface area contributed by atoms with Gasteiger partial charge in [-0.25, -0.2) is 13.1 Å². The quantitative estimate of drug-likeness (QED) is 0.830. The number of nitrogen functional groups attached to an aromatic ring is 1. The van der Waals surface area contributed by atoms with Crippen molar-refractivity contribution in [3.8, 4) is 5.69 Å². The average Bonchev–Trinajstić information content (AvgIpc) is 2.66. The van der Waals surface area contributed by atoms with Crippen molar-refractivity contribution in [2.75, 3.05) is 11.5 Å². The van der Waals surface area contributed by atoms with Crippen LogP contribution >= 0.6 is 0 Å². The molecule has 0 spiro atoms. The van der Waals surface area contributed by atoms with Crippen LogP contribution in [-0.4, -0.2) is 24.0 Å². The molecule has 0 bridgehead atoms. The summed E-state index contributed by atoms with van der Waals surface area (Å²) in [5.74, 6) is 0.607. The van der Waals surface area contributed by atoms with Gasteiger partial charge in [0.25, 0.3) is 0 Å². The zero-order chi connectivity index (χ0) is 12.8. The van der Waals surface area contributed by atoms with Crippen LogP contribution in [0.5, 0.6) is 0 Å². The van der Waals surface area contributed by atoms with Gasteiger partial charge >= 0.3 is 0 Å². The van der Waals surface area contributed by atoms with Gasteiger partial charge in [-0.1, -0.05) is 18.2 Å². The number of hydrogen-bond acceptors (Lipinski definition) is 4. The predicted molar refractivity (Wildman–Crippen MR) is 69.2 cm³/mol.